The van der Waals surface area contributed by atoms with E-state index < -0.39 is 28.7 Å². The largest absolute Gasteiger partial charge is 0.481 e. The lowest BCUT2D eigenvalue weighted by Gasteiger charge is -2.60. The van der Waals surface area contributed by atoms with Crippen molar-refractivity contribution in [3.63, 3.8) is 0 Å². The third-order valence-corrected chi connectivity index (χ3v) is 7.79. The molecule has 5 heteroatoms. The molecule has 0 spiro atoms. The van der Waals surface area contributed by atoms with Gasteiger partial charge in [0.2, 0.25) is 0 Å². The molecule has 2 saturated carbocycles. The maximum absolute atomic E-state index is 12.0. The van der Waals surface area contributed by atoms with E-state index in [0.717, 1.165) is 18.4 Å². The highest BCUT2D eigenvalue weighted by molar-refractivity contribution is 5.75. The minimum atomic E-state index is -1.35. The minimum Gasteiger partial charge on any atom is -0.481 e. The molecular weight excluding hydrogens is 320 g/mol. The molecule has 0 saturated heterocycles. The first kappa shape index (κ1) is 18.9. The molecule has 3 aliphatic rings. The molecule has 142 valence electrons. The number of aliphatic hydroxyl groups is 3. The van der Waals surface area contributed by atoms with Crippen molar-refractivity contribution >= 4 is 5.97 Å². The summed E-state index contributed by atoms with van der Waals surface area (Å²) in [5.74, 6) is -0.800. The van der Waals surface area contributed by atoms with Crippen LogP contribution in [0.4, 0.5) is 0 Å². The monoisotopic (exact) mass is 352 g/mol. The summed E-state index contributed by atoms with van der Waals surface area (Å²) < 4.78 is 0. The number of rotatable bonds is 2. The third kappa shape index (κ3) is 2.58. The van der Waals surface area contributed by atoms with Crippen LogP contribution in [0.5, 0.6) is 0 Å². The summed E-state index contributed by atoms with van der Waals surface area (Å²) in [7, 11) is 0. The standard InChI is InChI=1S/C20H32O5/c1-17(2,24)20(25)9-6-13-12(11-20)14(21)10-15-18(13,3)7-5-8-19(15,4)16(22)23/h11,13-15,21,24-25H,5-10H2,1-4H3,(H,22,23)/t13-,14+,15+,18+,19+,20+/m0/s1. The molecule has 0 heterocycles. The Hall–Kier alpha value is -0.910. The van der Waals surface area contributed by atoms with Crippen molar-refractivity contribution in [2.24, 2.45) is 22.7 Å². The van der Waals surface area contributed by atoms with Gasteiger partial charge in [0.1, 0.15) is 5.60 Å². The Morgan fingerprint density at radius 1 is 1.24 bits per heavy atom. The summed E-state index contributed by atoms with van der Waals surface area (Å²) >= 11 is 0. The second kappa shape index (κ2) is 5.54. The SMILES string of the molecule is CC(C)(O)[C@]1(O)C=C2[C@H](O)C[C@@H]3[C@](C)(CCC[C@@]3(C)C(=O)O)[C@H]2CC1. The van der Waals surface area contributed by atoms with E-state index in [9.17, 15) is 25.2 Å². The predicted octanol–water partition coefficient (Wildman–Crippen LogP) is 2.49. The van der Waals surface area contributed by atoms with E-state index in [4.69, 9.17) is 0 Å². The maximum Gasteiger partial charge on any atom is 0.309 e. The second-order valence-electron chi connectivity index (χ2n) is 9.60. The van der Waals surface area contributed by atoms with Crippen LogP contribution in [0.2, 0.25) is 0 Å². The van der Waals surface area contributed by atoms with Gasteiger partial charge in [0.25, 0.3) is 0 Å². The zero-order chi connectivity index (χ0) is 18.8. The molecule has 0 radical (unpaired) electrons. The van der Waals surface area contributed by atoms with Gasteiger partial charge in [0.15, 0.2) is 0 Å². The molecule has 25 heavy (non-hydrogen) atoms. The molecule has 0 aromatic carbocycles. The minimum absolute atomic E-state index is 0.0582. The van der Waals surface area contributed by atoms with Crippen LogP contribution in [0.3, 0.4) is 0 Å². The van der Waals surface area contributed by atoms with E-state index in [2.05, 4.69) is 6.92 Å². The second-order valence-corrected chi connectivity index (χ2v) is 9.60. The summed E-state index contributed by atoms with van der Waals surface area (Å²) in [5.41, 5.74) is -2.86. The molecule has 3 rings (SSSR count). The fourth-order valence-electron chi connectivity index (χ4n) is 5.98. The normalized spacial score (nSPS) is 47.5. The number of hydrogen-bond acceptors (Lipinski definition) is 4. The van der Waals surface area contributed by atoms with Crippen LogP contribution in [-0.2, 0) is 4.79 Å². The number of carboxylic acid groups (broad SMARTS) is 1. The molecule has 0 aromatic heterocycles. The number of aliphatic carboxylic acids is 1. The Balaban J connectivity index is 2.05. The molecule has 0 unspecified atom stereocenters. The zero-order valence-corrected chi connectivity index (χ0v) is 15.7. The van der Waals surface area contributed by atoms with Gasteiger partial charge in [-0.1, -0.05) is 13.3 Å². The van der Waals surface area contributed by atoms with Crippen LogP contribution >= 0.6 is 0 Å². The third-order valence-electron chi connectivity index (χ3n) is 7.79. The van der Waals surface area contributed by atoms with Gasteiger partial charge in [-0.3, -0.25) is 4.79 Å². The summed E-state index contributed by atoms with van der Waals surface area (Å²) in [4.78, 5) is 12.0. The Bertz CT molecular complexity index is 606. The molecule has 0 aliphatic heterocycles. The van der Waals surface area contributed by atoms with E-state index in [1.807, 2.05) is 6.92 Å². The van der Waals surface area contributed by atoms with Gasteiger partial charge in [-0.15, -0.1) is 0 Å². The lowest BCUT2D eigenvalue weighted by atomic mass is 9.45. The molecule has 3 aliphatic carbocycles. The van der Waals surface area contributed by atoms with Crippen molar-refractivity contribution in [1.82, 2.24) is 0 Å². The Morgan fingerprint density at radius 3 is 2.44 bits per heavy atom. The summed E-state index contributed by atoms with van der Waals surface area (Å²) in [6, 6.07) is 0. The Morgan fingerprint density at radius 2 is 1.88 bits per heavy atom. The highest BCUT2D eigenvalue weighted by atomic mass is 16.4. The Kier molecular flexibility index (Phi) is 4.18. The quantitative estimate of drug-likeness (QED) is 0.573. The predicted molar refractivity (Wildman–Crippen MR) is 93.9 cm³/mol. The zero-order valence-electron chi connectivity index (χ0n) is 15.7. The fraction of sp³-hybridized carbons (Fsp3) is 0.850. The average molecular weight is 352 g/mol. The maximum atomic E-state index is 12.0. The number of fused-ring (bicyclic) bond motifs is 3. The van der Waals surface area contributed by atoms with Crippen molar-refractivity contribution in [2.75, 3.05) is 0 Å². The van der Waals surface area contributed by atoms with Crippen molar-refractivity contribution in [2.45, 2.75) is 83.5 Å². The molecule has 0 aromatic rings. The van der Waals surface area contributed by atoms with Crippen LogP contribution in [-0.4, -0.2) is 43.7 Å². The number of aliphatic hydroxyl groups excluding tert-OH is 1. The van der Waals surface area contributed by atoms with Crippen LogP contribution in [0.15, 0.2) is 11.6 Å². The van der Waals surface area contributed by atoms with Crippen molar-refractivity contribution in [3.8, 4) is 0 Å². The van der Waals surface area contributed by atoms with E-state index in [1.54, 1.807) is 19.9 Å². The van der Waals surface area contributed by atoms with Crippen LogP contribution in [0.1, 0.15) is 66.2 Å². The lowest BCUT2D eigenvalue weighted by molar-refractivity contribution is -0.170. The first-order valence-electron chi connectivity index (χ1n) is 9.44. The van der Waals surface area contributed by atoms with Crippen LogP contribution < -0.4 is 0 Å². The highest BCUT2D eigenvalue weighted by Gasteiger charge is 2.61. The molecule has 4 N–H and O–H groups in total. The van der Waals surface area contributed by atoms with Crippen molar-refractivity contribution in [3.05, 3.63) is 11.6 Å². The van der Waals surface area contributed by atoms with Gasteiger partial charge in [-0.05, 0) is 81.8 Å². The number of hydrogen-bond donors (Lipinski definition) is 4. The molecule has 6 atom stereocenters. The van der Waals surface area contributed by atoms with E-state index >= 15 is 0 Å². The van der Waals surface area contributed by atoms with Crippen molar-refractivity contribution in [1.29, 1.82) is 0 Å². The summed E-state index contributed by atoms with van der Waals surface area (Å²) in [6.45, 7) is 7.17. The van der Waals surface area contributed by atoms with Gasteiger partial charge in [-0.2, -0.15) is 0 Å². The number of carboxylic acids is 1. The van der Waals surface area contributed by atoms with Gasteiger partial charge in [0.05, 0.1) is 17.1 Å². The average Bonchev–Trinajstić information content (AvgIpc) is 2.48. The summed E-state index contributed by atoms with van der Waals surface area (Å²) in [6.07, 6.45) is 4.86. The number of carbonyl (C=O) groups is 1. The van der Waals surface area contributed by atoms with Crippen molar-refractivity contribution < 1.29 is 25.2 Å². The molecule has 0 bridgehead atoms. The molecular formula is C20H32O5. The topological polar surface area (TPSA) is 98.0 Å². The highest BCUT2D eigenvalue weighted by Crippen LogP contribution is 2.63. The van der Waals surface area contributed by atoms with Crippen LogP contribution in [0.25, 0.3) is 0 Å². The first-order valence-corrected chi connectivity index (χ1v) is 9.44. The molecule has 2 fully saturated rings. The van der Waals surface area contributed by atoms with E-state index in [0.29, 0.717) is 25.7 Å². The molecule has 0 amide bonds. The summed E-state index contributed by atoms with van der Waals surface area (Å²) in [5, 5.41) is 41.9. The van der Waals surface area contributed by atoms with Gasteiger partial charge in [0, 0.05) is 0 Å². The van der Waals surface area contributed by atoms with E-state index in [-0.39, 0.29) is 17.3 Å². The first-order chi connectivity index (χ1) is 11.4. The van der Waals surface area contributed by atoms with Gasteiger partial charge in [-0.25, -0.2) is 0 Å². The molecule has 5 nitrogen and oxygen atoms in total. The Labute approximate surface area is 149 Å². The van der Waals surface area contributed by atoms with Gasteiger partial charge < -0.3 is 20.4 Å². The van der Waals surface area contributed by atoms with Gasteiger partial charge >= 0.3 is 5.97 Å². The fourth-order valence-corrected chi connectivity index (χ4v) is 5.98. The lowest BCUT2D eigenvalue weighted by Crippen LogP contribution is -2.59. The van der Waals surface area contributed by atoms with Crippen LogP contribution in [0, 0.1) is 22.7 Å². The smallest absolute Gasteiger partial charge is 0.309 e. The van der Waals surface area contributed by atoms with E-state index in [1.165, 1.54) is 0 Å².